The molecule has 0 saturated heterocycles. The van der Waals surface area contributed by atoms with E-state index in [2.05, 4.69) is 224 Å². The maximum absolute atomic E-state index is 2.71. The molecule has 0 atom stereocenters. The SMILES string of the molecule is Cc1cc2c3c(c1)N(c1ccc(C(C)(C)C)cc1)c1c(sc4cc(C(C)(C)C)ccc14)B3c1cc(C(C)(C)C)ccc1N2c1cc2c(cc1-c1c(C)cccc1C)C(C)(C)CCC2(C)C. The molecule has 7 aromatic rings. The van der Waals surface area contributed by atoms with Crippen LogP contribution in [0.15, 0.2) is 103 Å². The van der Waals surface area contributed by atoms with E-state index in [4.69, 9.17) is 0 Å². The van der Waals surface area contributed by atoms with Gasteiger partial charge in [-0.3, -0.25) is 0 Å². The van der Waals surface area contributed by atoms with Crippen LogP contribution in [0.25, 0.3) is 21.2 Å². The molecule has 4 heteroatoms. The lowest BCUT2D eigenvalue weighted by atomic mass is 9.36. The third kappa shape index (κ3) is 6.94. The van der Waals surface area contributed by atoms with Gasteiger partial charge in [0, 0.05) is 43.2 Å². The Hall–Kier alpha value is -5.06. The number of hydrogen-bond acceptors (Lipinski definition) is 3. The first kappa shape index (κ1) is 43.8. The van der Waals surface area contributed by atoms with E-state index in [9.17, 15) is 0 Å². The van der Waals surface area contributed by atoms with Crippen LogP contribution in [0.2, 0.25) is 0 Å². The smallest absolute Gasteiger partial charge is 0.264 e. The molecule has 2 nitrogen and oxygen atoms in total. The van der Waals surface area contributed by atoms with E-state index < -0.39 is 0 Å². The molecule has 0 amide bonds. The normalized spacial score (nSPS) is 16.3. The first-order valence-corrected chi connectivity index (χ1v) is 25.0. The zero-order valence-corrected chi connectivity index (χ0v) is 42.9. The molecular weight excluding hydrogens is 804 g/mol. The Bertz CT molecular complexity index is 3060. The monoisotopic (exact) mass is 873 g/mol. The number of aryl methyl sites for hydroxylation is 3. The standard InChI is InChI=1S/C61H69BN2S/c1-36-30-50-54-51(31-36)64(49-35-46-45(60(13,14)28-29-61(46,15)16)34-44(49)53-37(2)18-17-19-38(53)3)48-27-23-40(58(7,8)9)32-47(48)62(54)56-55(43-26-22-41(59(10,11)12)33-52(43)65-56)63(50)42-24-20-39(21-25-42)57(4,5)6/h17-27,30-35H,28-29H2,1-16H3. The molecular formula is C61H69BN2S. The molecule has 1 aromatic heterocycles. The Balaban J connectivity index is 1.35. The highest BCUT2D eigenvalue weighted by atomic mass is 32.1. The molecule has 3 aliphatic rings. The Kier molecular flexibility index (Phi) is 9.76. The summed E-state index contributed by atoms with van der Waals surface area (Å²) in [7, 11) is 0. The van der Waals surface area contributed by atoms with Crippen LogP contribution >= 0.6 is 11.3 Å². The van der Waals surface area contributed by atoms with E-state index in [0.29, 0.717) is 0 Å². The van der Waals surface area contributed by atoms with Crippen molar-refractivity contribution in [1.29, 1.82) is 0 Å². The van der Waals surface area contributed by atoms with E-state index in [1.54, 1.807) is 0 Å². The van der Waals surface area contributed by atoms with Gasteiger partial charge in [-0.15, -0.1) is 11.3 Å². The van der Waals surface area contributed by atoms with E-state index in [-0.39, 0.29) is 33.8 Å². The van der Waals surface area contributed by atoms with Gasteiger partial charge in [0.05, 0.1) is 11.4 Å². The second kappa shape index (κ2) is 14.5. The second-order valence-electron chi connectivity index (χ2n) is 24.4. The van der Waals surface area contributed by atoms with Crippen LogP contribution in [-0.2, 0) is 27.1 Å². The number of hydrogen-bond donors (Lipinski definition) is 0. The van der Waals surface area contributed by atoms with Gasteiger partial charge in [-0.05, 0) is 170 Å². The second-order valence-corrected chi connectivity index (χ2v) is 25.5. The van der Waals surface area contributed by atoms with E-state index in [0.717, 1.165) is 6.42 Å². The summed E-state index contributed by atoms with van der Waals surface area (Å²) in [6.45, 7) is 37.9. The lowest BCUT2D eigenvalue weighted by molar-refractivity contribution is 0.332. The van der Waals surface area contributed by atoms with Crippen molar-refractivity contribution in [2.45, 2.75) is 151 Å². The fourth-order valence-electron chi connectivity index (χ4n) is 11.4. The highest BCUT2D eigenvalue weighted by molar-refractivity contribution is 7.33. The summed E-state index contributed by atoms with van der Waals surface area (Å²) in [5.74, 6) is 0. The Morgan fingerprint density at radius 3 is 1.68 bits per heavy atom. The van der Waals surface area contributed by atoms with Crippen molar-refractivity contribution in [2.24, 2.45) is 0 Å². The summed E-state index contributed by atoms with van der Waals surface area (Å²) < 4.78 is 2.79. The molecule has 0 fully saturated rings. The predicted octanol–water partition coefficient (Wildman–Crippen LogP) is 15.8. The third-order valence-corrected chi connectivity index (χ3v) is 16.7. The molecule has 10 rings (SSSR count). The molecule has 0 N–H and O–H groups in total. The molecule has 65 heavy (non-hydrogen) atoms. The number of rotatable bonds is 3. The molecule has 6 aromatic carbocycles. The van der Waals surface area contributed by atoms with Gasteiger partial charge in [-0.1, -0.05) is 145 Å². The fourth-order valence-corrected chi connectivity index (χ4v) is 12.8. The molecule has 0 spiro atoms. The first-order valence-electron chi connectivity index (χ1n) is 24.2. The molecule has 0 saturated carbocycles. The largest absolute Gasteiger partial charge is 0.311 e. The number of fused-ring (bicyclic) bond motifs is 7. The topological polar surface area (TPSA) is 6.48 Å². The minimum absolute atomic E-state index is 0.0266. The van der Waals surface area contributed by atoms with Crippen molar-refractivity contribution < 1.29 is 0 Å². The maximum atomic E-state index is 2.71. The number of benzene rings is 6. The van der Waals surface area contributed by atoms with Crippen molar-refractivity contribution in [1.82, 2.24) is 0 Å². The van der Waals surface area contributed by atoms with Gasteiger partial charge in [0.15, 0.2) is 0 Å². The van der Waals surface area contributed by atoms with E-state index in [1.807, 2.05) is 11.3 Å². The quantitative estimate of drug-likeness (QED) is 0.163. The van der Waals surface area contributed by atoms with Crippen molar-refractivity contribution in [3.63, 3.8) is 0 Å². The molecule has 1 aliphatic carbocycles. The highest BCUT2D eigenvalue weighted by Gasteiger charge is 2.47. The van der Waals surface area contributed by atoms with Crippen LogP contribution in [0.4, 0.5) is 34.1 Å². The van der Waals surface area contributed by atoms with Gasteiger partial charge in [0.1, 0.15) is 0 Å². The van der Waals surface area contributed by atoms with Crippen LogP contribution in [-0.4, -0.2) is 6.71 Å². The van der Waals surface area contributed by atoms with Crippen LogP contribution in [0, 0.1) is 20.8 Å². The summed E-state index contributed by atoms with van der Waals surface area (Å²) >= 11 is 2.01. The fraction of sp³-hybridized carbons (Fsp3) is 0.377. The van der Waals surface area contributed by atoms with Crippen molar-refractivity contribution >= 4 is 78.0 Å². The summed E-state index contributed by atoms with van der Waals surface area (Å²) in [5, 5.41) is 1.33. The van der Waals surface area contributed by atoms with Crippen LogP contribution < -0.4 is 25.5 Å². The summed E-state index contributed by atoms with van der Waals surface area (Å²) in [4.78, 5) is 5.35. The van der Waals surface area contributed by atoms with Gasteiger partial charge < -0.3 is 9.80 Å². The van der Waals surface area contributed by atoms with Gasteiger partial charge >= 0.3 is 0 Å². The average Bonchev–Trinajstić information content (AvgIpc) is 3.60. The Morgan fingerprint density at radius 1 is 0.538 bits per heavy atom. The van der Waals surface area contributed by atoms with Gasteiger partial charge in [-0.2, -0.15) is 0 Å². The first-order chi connectivity index (χ1) is 30.3. The predicted molar refractivity (Wildman–Crippen MR) is 287 cm³/mol. The minimum Gasteiger partial charge on any atom is -0.311 e. The number of anilines is 6. The lowest BCUT2D eigenvalue weighted by Crippen LogP contribution is -2.60. The highest BCUT2D eigenvalue weighted by Crippen LogP contribution is 2.54. The summed E-state index contributed by atoms with van der Waals surface area (Å²) in [6.07, 6.45) is 2.34. The zero-order valence-electron chi connectivity index (χ0n) is 42.1. The molecule has 0 unspecified atom stereocenters. The zero-order chi connectivity index (χ0) is 46.5. The summed E-state index contributed by atoms with van der Waals surface area (Å²) in [5.41, 5.74) is 24.3. The minimum atomic E-state index is -0.0266. The summed E-state index contributed by atoms with van der Waals surface area (Å²) in [6, 6.07) is 41.4. The molecule has 2 aliphatic heterocycles. The average molecular weight is 873 g/mol. The maximum Gasteiger partial charge on any atom is 0.264 e. The molecule has 0 bridgehead atoms. The van der Waals surface area contributed by atoms with E-state index in [1.165, 1.54) is 122 Å². The van der Waals surface area contributed by atoms with Crippen LogP contribution in [0.1, 0.15) is 147 Å². The molecule has 332 valence electrons. The number of thiophene rings is 1. The van der Waals surface area contributed by atoms with Gasteiger partial charge in [0.2, 0.25) is 0 Å². The Morgan fingerprint density at radius 2 is 1.08 bits per heavy atom. The van der Waals surface area contributed by atoms with Crippen LogP contribution in [0.3, 0.4) is 0 Å². The van der Waals surface area contributed by atoms with Crippen molar-refractivity contribution in [3.05, 3.63) is 148 Å². The van der Waals surface area contributed by atoms with Crippen LogP contribution in [0.5, 0.6) is 0 Å². The van der Waals surface area contributed by atoms with E-state index >= 15 is 0 Å². The van der Waals surface area contributed by atoms with Crippen molar-refractivity contribution in [3.8, 4) is 11.1 Å². The Labute approximate surface area is 395 Å². The van der Waals surface area contributed by atoms with Gasteiger partial charge in [0.25, 0.3) is 6.71 Å². The third-order valence-electron chi connectivity index (χ3n) is 15.5. The van der Waals surface area contributed by atoms with Crippen molar-refractivity contribution in [2.75, 3.05) is 9.80 Å². The molecule has 0 radical (unpaired) electrons. The lowest BCUT2D eigenvalue weighted by Gasteiger charge is -2.46. The molecule has 3 heterocycles. The number of nitrogens with zero attached hydrogens (tertiary/aromatic N) is 2. The van der Waals surface area contributed by atoms with Gasteiger partial charge in [-0.25, -0.2) is 0 Å².